The molecule has 0 fully saturated rings. The van der Waals surface area contributed by atoms with Crippen LogP contribution in [0.4, 0.5) is 0 Å². The van der Waals surface area contributed by atoms with Crippen LogP contribution in [0.15, 0.2) is 27.7 Å². The number of halogens is 1. The molecule has 0 saturated heterocycles. The molecule has 1 aromatic rings. The Morgan fingerprint density at radius 3 is 2.73 bits per heavy atom. The highest BCUT2D eigenvalue weighted by Crippen LogP contribution is 2.29. The van der Waals surface area contributed by atoms with E-state index in [1.807, 2.05) is 20.8 Å². The van der Waals surface area contributed by atoms with Crippen LogP contribution in [0.2, 0.25) is 5.02 Å². The maximum absolute atomic E-state index is 11.7. The molecule has 0 unspecified atom stereocenters. The van der Waals surface area contributed by atoms with Crippen LogP contribution < -0.4 is 5.32 Å². The van der Waals surface area contributed by atoms with E-state index in [9.17, 15) is 9.59 Å². The number of nitrogens with one attached hydrogen (secondary N) is 2. The lowest BCUT2D eigenvalue weighted by Gasteiger charge is -2.10. The summed E-state index contributed by atoms with van der Waals surface area (Å²) in [4.78, 5) is 31.0. The van der Waals surface area contributed by atoms with Gasteiger partial charge < -0.3 is 15.0 Å². The van der Waals surface area contributed by atoms with Crippen LogP contribution in [0.25, 0.3) is 0 Å². The first-order valence-electron chi connectivity index (χ1n) is 8.35. The molecule has 2 rings (SSSR count). The van der Waals surface area contributed by atoms with E-state index < -0.39 is 0 Å². The van der Waals surface area contributed by atoms with Crippen molar-refractivity contribution in [3.8, 4) is 0 Å². The molecular formula is C18H22ClN3O3S. The van der Waals surface area contributed by atoms with Crippen molar-refractivity contribution < 1.29 is 14.3 Å². The maximum atomic E-state index is 11.7. The maximum Gasteiger partial charge on any atom is 0.225 e. The van der Waals surface area contributed by atoms with Crippen LogP contribution in [-0.4, -0.2) is 29.2 Å². The number of rotatable bonds is 6. The van der Waals surface area contributed by atoms with Gasteiger partial charge in [0, 0.05) is 30.3 Å². The Morgan fingerprint density at radius 1 is 1.38 bits per heavy atom. The highest BCUT2D eigenvalue weighted by atomic mass is 35.5. The third kappa shape index (κ3) is 5.02. The summed E-state index contributed by atoms with van der Waals surface area (Å²) >= 11 is 7.56. The van der Waals surface area contributed by atoms with E-state index in [0.29, 0.717) is 33.1 Å². The lowest BCUT2D eigenvalue weighted by Crippen LogP contribution is -2.19. The predicted molar refractivity (Wildman–Crippen MR) is 105 cm³/mol. The van der Waals surface area contributed by atoms with Gasteiger partial charge in [0.15, 0.2) is 5.78 Å². The minimum Gasteiger partial charge on any atom is -0.477 e. The molecule has 140 valence electrons. The summed E-state index contributed by atoms with van der Waals surface area (Å²) in [6, 6.07) is 0. The Balaban J connectivity index is 2.28. The van der Waals surface area contributed by atoms with Crippen LogP contribution in [0, 0.1) is 6.92 Å². The molecule has 2 heterocycles. The van der Waals surface area contributed by atoms with Crippen LogP contribution in [0.1, 0.15) is 43.6 Å². The number of carbonyl (C=O) groups is 2. The second-order valence-corrected chi connectivity index (χ2v) is 7.13. The summed E-state index contributed by atoms with van der Waals surface area (Å²) in [5.74, 6) is 0.0496. The third-order valence-electron chi connectivity index (χ3n) is 3.65. The Hall–Kier alpha value is -1.99. The molecule has 0 bridgehead atoms. The third-order valence-corrected chi connectivity index (χ3v) is 4.84. The van der Waals surface area contributed by atoms with Crippen molar-refractivity contribution in [2.75, 3.05) is 6.61 Å². The van der Waals surface area contributed by atoms with Gasteiger partial charge >= 0.3 is 0 Å². The number of aliphatic imine (C=N–C) groups is 1. The molecular weight excluding hydrogens is 374 g/mol. The van der Waals surface area contributed by atoms with Crippen molar-refractivity contribution in [1.82, 2.24) is 10.3 Å². The number of hydrogen-bond donors (Lipinski definition) is 2. The highest BCUT2D eigenvalue weighted by molar-refractivity contribution is 8.06. The van der Waals surface area contributed by atoms with Crippen molar-refractivity contribution in [3.05, 3.63) is 44.7 Å². The van der Waals surface area contributed by atoms with Gasteiger partial charge in [0.25, 0.3) is 0 Å². The highest BCUT2D eigenvalue weighted by Gasteiger charge is 2.20. The van der Waals surface area contributed by atoms with E-state index in [-0.39, 0.29) is 24.5 Å². The van der Waals surface area contributed by atoms with Crippen molar-refractivity contribution in [2.24, 2.45) is 4.99 Å². The number of H-pyrrole nitrogens is 1. The Labute approximate surface area is 162 Å². The number of aromatic amines is 1. The minimum atomic E-state index is -0.200. The Bertz CT molecular complexity index is 796. The summed E-state index contributed by atoms with van der Waals surface area (Å²) in [7, 11) is 0. The van der Waals surface area contributed by atoms with E-state index in [4.69, 9.17) is 16.3 Å². The molecule has 0 atom stereocenters. The largest absolute Gasteiger partial charge is 0.477 e. The van der Waals surface area contributed by atoms with Crippen molar-refractivity contribution in [1.29, 1.82) is 0 Å². The predicted octanol–water partition coefficient (Wildman–Crippen LogP) is 3.85. The zero-order valence-electron chi connectivity index (χ0n) is 15.1. The number of hydrogen-bond acceptors (Lipinski definition) is 5. The summed E-state index contributed by atoms with van der Waals surface area (Å²) < 4.78 is 5.67. The van der Waals surface area contributed by atoms with E-state index in [1.54, 1.807) is 0 Å². The summed E-state index contributed by atoms with van der Waals surface area (Å²) in [5, 5.41) is 4.05. The second kappa shape index (κ2) is 9.09. The van der Waals surface area contributed by atoms with E-state index in [0.717, 1.165) is 29.6 Å². The van der Waals surface area contributed by atoms with Crippen LogP contribution >= 0.6 is 23.4 Å². The first-order chi connectivity index (χ1) is 12.3. The van der Waals surface area contributed by atoms with Gasteiger partial charge in [-0.2, -0.15) is 0 Å². The fourth-order valence-electron chi connectivity index (χ4n) is 2.46. The van der Waals surface area contributed by atoms with Crippen LogP contribution in [-0.2, 0) is 20.7 Å². The lowest BCUT2D eigenvalue weighted by molar-refractivity contribution is -0.122. The average Bonchev–Trinajstić information content (AvgIpc) is 2.75. The molecule has 0 aliphatic carbocycles. The van der Waals surface area contributed by atoms with Gasteiger partial charge in [-0.05, 0) is 20.3 Å². The zero-order chi connectivity index (χ0) is 19.3. The molecule has 8 heteroatoms. The molecule has 1 amide bonds. The summed E-state index contributed by atoms with van der Waals surface area (Å²) in [5.41, 5.74) is 2.46. The van der Waals surface area contributed by atoms with Gasteiger partial charge in [0.05, 0.1) is 27.3 Å². The SMILES string of the molecule is C=C(N=C(OCC)c1c(C)[nH]c(CC)c1Cl)SC1=CC(=O)CCC(=O)N1. The molecule has 0 radical (unpaired) electrons. The van der Waals surface area contributed by atoms with Gasteiger partial charge in [-0.1, -0.05) is 36.9 Å². The first kappa shape index (κ1) is 20.3. The number of amides is 1. The minimum absolute atomic E-state index is 0.107. The van der Waals surface area contributed by atoms with E-state index in [2.05, 4.69) is 21.9 Å². The number of ketones is 1. The van der Waals surface area contributed by atoms with Gasteiger partial charge in [-0.3, -0.25) is 9.59 Å². The molecule has 26 heavy (non-hydrogen) atoms. The quantitative estimate of drug-likeness (QED) is 0.566. The van der Waals surface area contributed by atoms with Crippen molar-refractivity contribution >= 4 is 41.0 Å². The molecule has 0 spiro atoms. The fourth-order valence-corrected chi connectivity index (χ4v) is 3.60. The Kier molecular flexibility index (Phi) is 7.11. The zero-order valence-corrected chi connectivity index (χ0v) is 16.6. The summed E-state index contributed by atoms with van der Waals surface area (Å²) in [6.45, 7) is 10.1. The van der Waals surface area contributed by atoms with Crippen LogP contribution in [0.5, 0.6) is 0 Å². The molecule has 1 aromatic heterocycles. The number of thioether (sulfide) groups is 1. The lowest BCUT2D eigenvalue weighted by atomic mass is 10.2. The molecule has 0 saturated carbocycles. The molecule has 1 aliphatic rings. The monoisotopic (exact) mass is 395 g/mol. The molecule has 6 nitrogen and oxygen atoms in total. The number of nitrogens with zero attached hydrogens (tertiary/aromatic N) is 1. The van der Waals surface area contributed by atoms with Crippen LogP contribution in [0.3, 0.4) is 0 Å². The number of aryl methyl sites for hydroxylation is 2. The average molecular weight is 396 g/mol. The second-order valence-electron chi connectivity index (χ2n) is 5.64. The van der Waals surface area contributed by atoms with Gasteiger partial charge in [-0.25, -0.2) is 4.99 Å². The summed E-state index contributed by atoms with van der Waals surface area (Å²) in [6.07, 6.45) is 2.54. The number of aromatic nitrogens is 1. The van der Waals surface area contributed by atoms with Crippen molar-refractivity contribution in [3.63, 3.8) is 0 Å². The van der Waals surface area contributed by atoms with Gasteiger partial charge in [-0.15, -0.1) is 0 Å². The van der Waals surface area contributed by atoms with Crippen molar-refractivity contribution in [2.45, 2.75) is 40.0 Å². The van der Waals surface area contributed by atoms with E-state index in [1.165, 1.54) is 6.08 Å². The standard InChI is InChI=1S/C18H22ClN3O3S/c1-5-13-17(19)16(10(3)20-13)18(25-6-2)21-11(4)26-15-9-12(23)7-8-14(24)22-15/h9,20H,4-8H2,1-3H3,(H,22,24). The molecule has 0 aromatic carbocycles. The molecule has 2 N–H and O–H groups in total. The number of ether oxygens (including phenoxy) is 1. The van der Waals surface area contributed by atoms with Gasteiger partial charge in [0.2, 0.25) is 11.8 Å². The smallest absolute Gasteiger partial charge is 0.225 e. The normalized spacial score (nSPS) is 15.4. The first-order valence-corrected chi connectivity index (χ1v) is 9.55. The van der Waals surface area contributed by atoms with Gasteiger partial charge in [0.1, 0.15) is 0 Å². The fraction of sp³-hybridized carbons (Fsp3) is 0.389. The molecule has 1 aliphatic heterocycles. The topological polar surface area (TPSA) is 83.5 Å². The van der Waals surface area contributed by atoms with E-state index >= 15 is 0 Å². The Morgan fingerprint density at radius 2 is 2.12 bits per heavy atom. The number of allylic oxidation sites excluding steroid dienone is 1. The number of carbonyl (C=O) groups excluding carboxylic acids is 2.